The largest absolute Gasteiger partial charge is 0.478 e. The average Bonchev–Trinajstić information content (AvgIpc) is 2.48. The molecule has 0 bridgehead atoms. The molecule has 4 nitrogen and oxygen atoms in total. The fourth-order valence-corrected chi connectivity index (χ4v) is 2.94. The summed E-state index contributed by atoms with van der Waals surface area (Å²) < 4.78 is 0. The van der Waals surface area contributed by atoms with Gasteiger partial charge in [-0.3, -0.25) is 0 Å². The molecule has 1 aliphatic rings. The average molecular weight is 303 g/mol. The number of pyridine rings is 1. The Hall–Kier alpha value is -2.07. The van der Waals surface area contributed by atoms with Crippen molar-refractivity contribution < 1.29 is 9.90 Å². The third-order valence-electron chi connectivity index (χ3n) is 3.84. The number of rotatable bonds is 2. The SMILES string of the molecule is CC1CCc2ccccc2N1c1cc(C(=O)O)c(Cl)cn1. The molecule has 1 aromatic carbocycles. The normalized spacial score (nSPS) is 17.4. The number of aromatic nitrogens is 1. The van der Waals surface area contributed by atoms with Gasteiger partial charge in [0.1, 0.15) is 5.82 Å². The standard InChI is InChI=1S/C16H15ClN2O2/c1-10-6-7-11-4-2-3-5-14(11)19(10)15-8-12(16(20)21)13(17)9-18-15/h2-5,8-10H,6-7H2,1H3,(H,20,21). The van der Waals surface area contributed by atoms with Crippen molar-refractivity contribution in [2.24, 2.45) is 0 Å². The van der Waals surface area contributed by atoms with Crippen molar-refractivity contribution in [1.29, 1.82) is 0 Å². The second-order valence-electron chi connectivity index (χ2n) is 5.21. The lowest BCUT2D eigenvalue weighted by molar-refractivity contribution is 0.0697. The zero-order valence-electron chi connectivity index (χ0n) is 11.6. The smallest absolute Gasteiger partial charge is 0.337 e. The van der Waals surface area contributed by atoms with Crippen molar-refractivity contribution in [3.05, 3.63) is 52.7 Å². The van der Waals surface area contributed by atoms with Gasteiger partial charge in [0.15, 0.2) is 0 Å². The third-order valence-corrected chi connectivity index (χ3v) is 4.14. The maximum Gasteiger partial charge on any atom is 0.337 e. The lowest BCUT2D eigenvalue weighted by atomic mass is 9.96. The summed E-state index contributed by atoms with van der Waals surface area (Å²) in [5.41, 5.74) is 2.42. The Bertz CT molecular complexity index is 702. The molecule has 2 heterocycles. The van der Waals surface area contributed by atoms with Crippen molar-refractivity contribution >= 4 is 29.1 Å². The first-order chi connectivity index (χ1) is 10.1. The molecular weight excluding hydrogens is 288 g/mol. The van der Waals surface area contributed by atoms with E-state index in [9.17, 15) is 9.90 Å². The van der Waals surface area contributed by atoms with Crippen molar-refractivity contribution in [3.63, 3.8) is 0 Å². The predicted molar refractivity (Wildman–Crippen MR) is 82.6 cm³/mol. The number of anilines is 2. The summed E-state index contributed by atoms with van der Waals surface area (Å²) >= 11 is 5.90. The molecule has 2 aromatic rings. The predicted octanol–water partition coefficient (Wildman–Crippen LogP) is 3.91. The summed E-state index contributed by atoms with van der Waals surface area (Å²) in [4.78, 5) is 17.7. The number of aromatic carboxylic acids is 1. The van der Waals surface area contributed by atoms with Crippen LogP contribution in [0.2, 0.25) is 5.02 Å². The number of carboxylic acids is 1. The fourth-order valence-electron chi connectivity index (χ4n) is 2.76. The monoisotopic (exact) mass is 302 g/mol. The third kappa shape index (κ3) is 2.47. The van der Waals surface area contributed by atoms with E-state index in [0.29, 0.717) is 5.82 Å². The molecule has 0 saturated heterocycles. The Morgan fingerprint density at radius 1 is 1.43 bits per heavy atom. The van der Waals surface area contributed by atoms with E-state index in [4.69, 9.17) is 11.6 Å². The Kier molecular flexibility index (Phi) is 3.55. The molecule has 1 atom stereocenters. The molecule has 108 valence electrons. The van der Waals surface area contributed by atoms with Crippen LogP contribution in [0.25, 0.3) is 0 Å². The number of aryl methyl sites for hydroxylation is 1. The highest BCUT2D eigenvalue weighted by molar-refractivity contribution is 6.33. The highest BCUT2D eigenvalue weighted by atomic mass is 35.5. The lowest BCUT2D eigenvalue weighted by Crippen LogP contribution is -2.33. The van der Waals surface area contributed by atoms with Crippen LogP contribution in [0, 0.1) is 0 Å². The quantitative estimate of drug-likeness (QED) is 0.914. The van der Waals surface area contributed by atoms with Crippen molar-refractivity contribution in [1.82, 2.24) is 4.98 Å². The van der Waals surface area contributed by atoms with Gasteiger partial charge in [-0.25, -0.2) is 9.78 Å². The van der Waals surface area contributed by atoms with E-state index in [1.165, 1.54) is 11.8 Å². The van der Waals surface area contributed by atoms with Crippen LogP contribution in [0.3, 0.4) is 0 Å². The van der Waals surface area contributed by atoms with Gasteiger partial charge >= 0.3 is 5.97 Å². The lowest BCUT2D eigenvalue weighted by Gasteiger charge is -2.36. The molecule has 0 amide bonds. The van der Waals surface area contributed by atoms with E-state index in [1.54, 1.807) is 6.07 Å². The molecule has 3 rings (SSSR count). The van der Waals surface area contributed by atoms with E-state index < -0.39 is 5.97 Å². The van der Waals surface area contributed by atoms with Crippen molar-refractivity contribution in [3.8, 4) is 0 Å². The van der Waals surface area contributed by atoms with Crippen LogP contribution < -0.4 is 4.90 Å². The maximum absolute atomic E-state index is 11.3. The van der Waals surface area contributed by atoms with Crippen molar-refractivity contribution in [2.45, 2.75) is 25.8 Å². The number of benzene rings is 1. The number of hydrogen-bond acceptors (Lipinski definition) is 3. The molecule has 0 fully saturated rings. The molecule has 21 heavy (non-hydrogen) atoms. The zero-order chi connectivity index (χ0) is 15.0. The van der Waals surface area contributed by atoms with Crippen LogP contribution in [-0.2, 0) is 6.42 Å². The van der Waals surface area contributed by atoms with E-state index in [1.807, 2.05) is 18.2 Å². The number of halogens is 1. The van der Waals surface area contributed by atoms with Gasteiger partial charge in [0.2, 0.25) is 0 Å². The van der Waals surface area contributed by atoms with E-state index in [2.05, 4.69) is 22.9 Å². The minimum atomic E-state index is -1.04. The fraction of sp³-hybridized carbons (Fsp3) is 0.250. The summed E-state index contributed by atoms with van der Waals surface area (Å²) in [5.74, 6) is -0.418. The topological polar surface area (TPSA) is 53.4 Å². The maximum atomic E-state index is 11.3. The van der Waals surface area contributed by atoms with Crippen LogP contribution in [0.5, 0.6) is 0 Å². The van der Waals surface area contributed by atoms with E-state index in [0.717, 1.165) is 18.5 Å². The van der Waals surface area contributed by atoms with Gasteiger partial charge in [-0.05, 0) is 37.5 Å². The molecule has 1 aliphatic heterocycles. The Morgan fingerprint density at radius 2 is 2.19 bits per heavy atom. The molecule has 5 heteroatoms. The minimum absolute atomic E-state index is 0.0805. The van der Waals surface area contributed by atoms with Gasteiger partial charge in [0.25, 0.3) is 0 Å². The second-order valence-corrected chi connectivity index (χ2v) is 5.62. The number of para-hydroxylation sites is 1. The molecule has 0 saturated carbocycles. The van der Waals surface area contributed by atoms with Gasteiger partial charge in [0, 0.05) is 17.9 Å². The van der Waals surface area contributed by atoms with Crippen LogP contribution in [0.15, 0.2) is 36.5 Å². The molecule has 0 radical (unpaired) electrons. The van der Waals surface area contributed by atoms with Crippen LogP contribution in [-0.4, -0.2) is 22.1 Å². The number of carbonyl (C=O) groups is 1. The Morgan fingerprint density at radius 3 is 2.95 bits per heavy atom. The number of fused-ring (bicyclic) bond motifs is 1. The summed E-state index contributed by atoms with van der Waals surface area (Å²) in [6.07, 6.45) is 3.43. The van der Waals surface area contributed by atoms with E-state index >= 15 is 0 Å². The molecule has 1 aromatic heterocycles. The van der Waals surface area contributed by atoms with Gasteiger partial charge < -0.3 is 10.0 Å². The molecular formula is C16H15ClN2O2. The number of nitrogens with zero attached hydrogens (tertiary/aromatic N) is 2. The number of carboxylic acid groups (broad SMARTS) is 1. The summed E-state index contributed by atoms with van der Waals surface area (Å²) in [7, 11) is 0. The van der Waals surface area contributed by atoms with Crippen LogP contribution in [0.4, 0.5) is 11.5 Å². The first-order valence-electron chi connectivity index (χ1n) is 6.84. The Labute approximate surface area is 128 Å². The minimum Gasteiger partial charge on any atom is -0.478 e. The Balaban J connectivity index is 2.12. The van der Waals surface area contributed by atoms with Gasteiger partial charge in [-0.1, -0.05) is 29.8 Å². The molecule has 1 unspecified atom stereocenters. The summed E-state index contributed by atoms with van der Waals surface area (Å²) in [6, 6.07) is 9.95. The number of hydrogen-bond donors (Lipinski definition) is 1. The van der Waals surface area contributed by atoms with Gasteiger partial charge in [0.05, 0.1) is 10.6 Å². The zero-order valence-corrected chi connectivity index (χ0v) is 12.3. The summed E-state index contributed by atoms with van der Waals surface area (Å²) in [5, 5.41) is 9.38. The molecule has 0 spiro atoms. The van der Waals surface area contributed by atoms with Gasteiger partial charge in [-0.15, -0.1) is 0 Å². The first-order valence-corrected chi connectivity index (χ1v) is 7.21. The second kappa shape index (κ2) is 5.37. The van der Waals surface area contributed by atoms with Crippen LogP contribution in [0.1, 0.15) is 29.3 Å². The highest BCUT2D eigenvalue weighted by Crippen LogP contribution is 2.36. The molecule has 1 N–H and O–H groups in total. The van der Waals surface area contributed by atoms with E-state index in [-0.39, 0.29) is 16.6 Å². The molecule has 0 aliphatic carbocycles. The summed E-state index contributed by atoms with van der Waals surface area (Å²) in [6.45, 7) is 2.12. The highest BCUT2D eigenvalue weighted by Gasteiger charge is 2.26. The van der Waals surface area contributed by atoms with Crippen molar-refractivity contribution in [2.75, 3.05) is 4.90 Å². The first kappa shape index (κ1) is 13.9. The van der Waals surface area contributed by atoms with Gasteiger partial charge in [-0.2, -0.15) is 0 Å². The van der Waals surface area contributed by atoms with Crippen LogP contribution >= 0.6 is 11.6 Å².